The molecule has 0 spiro atoms. The van der Waals surface area contributed by atoms with Gasteiger partial charge in [-0.25, -0.2) is 8.42 Å². The molecule has 2 rings (SSSR count). The Morgan fingerprint density at radius 2 is 1.96 bits per heavy atom. The van der Waals surface area contributed by atoms with Crippen LogP contribution in [0.3, 0.4) is 0 Å². The molecular weight excluding hydrogens is 400 g/mol. The first kappa shape index (κ1) is 20.5. The number of sulfonamides is 1. The standard InChI is InChI=1S/C16H15ClN2O7S/c1-26-14-7-6-11(17)10-13(14)18(9-8-16(20)21)27(24,25)15-5-3-2-4-12(15)19(22)23/h2-7,10H,8-9H2,1H3,(H,20,21). The van der Waals surface area contributed by atoms with Crippen LogP contribution in [-0.4, -0.2) is 38.1 Å². The van der Waals surface area contributed by atoms with Gasteiger partial charge in [-0.3, -0.25) is 19.2 Å². The summed E-state index contributed by atoms with van der Waals surface area (Å²) in [6, 6.07) is 8.98. The van der Waals surface area contributed by atoms with E-state index in [1.165, 1.54) is 37.4 Å². The lowest BCUT2D eigenvalue weighted by atomic mass is 10.3. The summed E-state index contributed by atoms with van der Waals surface area (Å²) in [4.78, 5) is 20.9. The van der Waals surface area contributed by atoms with Gasteiger partial charge >= 0.3 is 5.97 Å². The Morgan fingerprint density at radius 1 is 1.30 bits per heavy atom. The number of para-hydroxylation sites is 1. The van der Waals surface area contributed by atoms with Crippen LogP contribution in [0, 0.1) is 10.1 Å². The van der Waals surface area contributed by atoms with Gasteiger partial charge in [-0.15, -0.1) is 0 Å². The van der Waals surface area contributed by atoms with Gasteiger partial charge in [0.15, 0.2) is 4.90 Å². The maximum atomic E-state index is 13.2. The van der Waals surface area contributed by atoms with Gasteiger partial charge in [-0.05, 0) is 24.3 Å². The molecule has 0 saturated heterocycles. The van der Waals surface area contributed by atoms with Gasteiger partial charge < -0.3 is 9.84 Å². The van der Waals surface area contributed by atoms with Gasteiger partial charge in [0.25, 0.3) is 15.7 Å². The monoisotopic (exact) mass is 414 g/mol. The second-order valence-electron chi connectivity index (χ2n) is 5.26. The maximum absolute atomic E-state index is 13.2. The number of hydrogen-bond acceptors (Lipinski definition) is 6. The van der Waals surface area contributed by atoms with Crippen LogP contribution in [0.4, 0.5) is 11.4 Å². The van der Waals surface area contributed by atoms with Crippen molar-refractivity contribution in [3.8, 4) is 5.75 Å². The quantitative estimate of drug-likeness (QED) is 0.519. The summed E-state index contributed by atoms with van der Waals surface area (Å²) >= 11 is 5.96. The summed E-state index contributed by atoms with van der Waals surface area (Å²) in [5.74, 6) is -1.12. The maximum Gasteiger partial charge on any atom is 0.305 e. The van der Waals surface area contributed by atoms with Crippen LogP contribution in [-0.2, 0) is 14.8 Å². The highest BCUT2D eigenvalue weighted by atomic mass is 35.5. The molecule has 2 aromatic rings. The van der Waals surface area contributed by atoms with Crippen molar-refractivity contribution in [2.24, 2.45) is 0 Å². The van der Waals surface area contributed by atoms with Gasteiger partial charge in [-0.2, -0.15) is 0 Å². The number of methoxy groups -OCH3 is 1. The van der Waals surface area contributed by atoms with Gasteiger partial charge in [0, 0.05) is 17.6 Å². The van der Waals surface area contributed by atoms with E-state index >= 15 is 0 Å². The average Bonchev–Trinajstić information content (AvgIpc) is 2.61. The van der Waals surface area contributed by atoms with E-state index in [2.05, 4.69) is 0 Å². The normalized spacial score (nSPS) is 11.0. The Balaban J connectivity index is 2.69. The summed E-state index contributed by atoms with van der Waals surface area (Å²) in [7, 11) is -3.18. The number of anilines is 1. The minimum Gasteiger partial charge on any atom is -0.495 e. The number of halogens is 1. The number of carboxylic acid groups (broad SMARTS) is 1. The van der Waals surface area contributed by atoms with Crippen molar-refractivity contribution in [3.05, 3.63) is 57.6 Å². The van der Waals surface area contributed by atoms with E-state index in [1.807, 2.05) is 0 Å². The van der Waals surface area contributed by atoms with E-state index in [-0.39, 0.29) is 16.5 Å². The van der Waals surface area contributed by atoms with Crippen molar-refractivity contribution in [2.75, 3.05) is 18.0 Å². The van der Waals surface area contributed by atoms with Gasteiger partial charge in [0.05, 0.1) is 24.1 Å². The lowest BCUT2D eigenvalue weighted by Crippen LogP contribution is -2.33. The van der Waals surface area contributed by atoms with Crippen molar-refractivity contribution < 1.29 is 28.0 Å². The fourth-order valence-corrected chi connectivity index (χ4v) is 4.16. The second-order valence-corrected chi connectivity index (χ2v) is 7.53. The molecule has 0 bridgehead atoms. The van der Waals surface area contributed by atoms with E-state index < -0.39 is 44.5 Å². The Morgan fingerprint density at radius 3 is 2.56 bits per heavy atom. The summed E-state index contributed by atoms with van der Waals surface area (Å²) < 4.78 is 32.3. The molecule has 27 heavy (non-hydrogen) atoms. The second kappa shape index (κ2) is 8.23. The highest BCUT2D eigenvalue weighted by Crippen LogP contribution is 2.36. The Labute approximate surface area is 159 Å². The van der Waals surface area contributed by atoms with Crippen LogP contribution in [0.2, 0.25) is 5.02 Å². The first-order valence-corrected chi connectivity index (χ1v) is 9.31. The number of carboxylic acids is 1. The molecule has 1 N–H and O–H groups in total. The smallest absolute Gasteiger partial charge is 0.305 e. The third-order valence-corrected chi connectivity index (χ3v) is 5.66. The predicted molar refractivity (Wildman–Crippen MR) is 97.9 cm³/mol. The number of nitrogens with zero attached hydrogens (tertiary/aromatic N) is 2. The molecule has 0 amide bonds. The molecule has 0 fully saturated rings. The third kappa shape index (κ3) is 4.47. The van der Waals surface area contributed by atoms with Crippen LogP contribution in [0.1, 0.15) is 6.42 Å². The molecule has 0 aromatic heterocycles. The number of nitro groups is 1. The lowest BCUT2D eigenvalue weighted by Gasteiger charge is -2.25. The number of hydrogen-bond donors (Lipinski definition) is 1. The van der Waals surface area contributed by atoms with Crippen molar-refractivity contribution in [1.29, 1.82) is 0 Å². The zero-order valence-electron chi connectivity index (χ0n) is 14.0. The highest BCUT2D eigenvalue weighted by molar-refractivity contribution is 7.93. The molecule has 0 saturated carbocycles. The zero-order valence-corrected chi connectivity index (χ0v) is 15.6. The largest absolute Gasteiger partial charge is 0.495 e. The number of carbonyl (C=O) groups is 1. The SMILES string of the molecule is COc1ccc(Cl)cc1N(CCC(=O)O)S(=O)(=O)c1ccccc1[N+](=O)[O-]. The molecule has 9 nitrogen and oxygen atoms in total. The highest BCUT2D eigenvalue weighted by Gasteiger charge is 2.33. The predicted octanol–water partition coefficient (Wildman–Crippen LogP) is 2.93. The number of ether oxygens (including phenoxy) is 1. The van der Waals surface area contributed by atoms with Gasteiger partial charge in [0.1, 0.15) is 5.75 Å². The molecule has 0 heterocycles. The number of rotatable bonds is 8. The van der Waals surface area contributed by atoms with Crippen molar-refractivity contribution in [1.82, 2.24) is 0 Å². The van der Waals surface area contributed by atoms with E-state index in [9.17, 15) is 23.3 Å². The summed E-state index contributed by atoms with van der Waals surface area (Å²) in [5, 5.41) is 20.4. The molecule has 2 aromatic carbocycles. The minimum atomic E-state index is -4.49. The molecule has 0 unspecified atom stereocenters. The molecule has 0 aliphatic carbocycles. The fourth-order valence-electron chi connectivity index (χ4n) is 2.37. The summed E-state index contributed by atoms with van der Waals surface area (Å²) in [6.07, 6.45) is -0.532. The molecule has 0 aliphatic rings. The molecule has 0 atom stereocenters. The van der Waals surface area contributed by atoms with Crippen LogP contribution < -0.4 is 9.04 Å². The molecule has 0 radical (unpaired) electrons. The average molecular weight is 415 g/mol. The summed E-state index contributed by atoms with van der Waals surface area (Å²) in [6.45, 7) is -0.472. The lowest BCUT2D eigenvalue weighted by molar-refractivity contribution is -0.387. The molecule has 0 aliphatic heterocycles. The zero-order chi connectivity index (χ0) is 20.2. The Bertz CT molecular complexity index is 978. The van der Waals surface area contributed by atoms with E-state index in [4.69, 9.17) is 21.4 Å². The number of nitro benzene ring substituents is 1. The van der Waals surface area contributed by atoms with Crippen molar-refractivity contribution in [2.45, 2.75) is 11.3 Å². The van der Waals surface area contributed by atoms with Crippen LogP contribution >= 0.6 is 11.6 Å². The van der Waals surface area contributed by atoms with E-state index in [0.29, 0.717) is 0 Å². The first-order chi connectivity index (χ1) is 12.7. The Hall–Kier alpha value is -2.85. The van der Waals surface area contributed by atoms with Crippen LogP contribution in [0.25, 0.3) is 0 Å². The minimum absolute atomic E-state index is 0.0237. The molecule has 11 heteroatoms. The number of benzene rings is 2. The topological polar surface area (TPSA) is 127 Å². The van der Waals surface area contributed by atoms with Crippen LogP contribution in [0.5, 0.6) is 5.75 Å². The molecule has 144 valence electrons. The third-order valence-electron chi connectivity index (χ3n) is 3.57. The number of aliphatic carboxylic acids is 1. The summed E-state index contributed by atoms with van der Waals surface area (Å²) in [5.41, 5.74) is -0.650. The molecular formula is C16H15ClN2O7S. The van der Waals surface area contributed by atoms with Crippen molar-refractivity contribution >= 4 is 39.0 Å². The fraction of sp³-hybridized carbons (Fsp3) is 0.188. The van der Waals surface area contributed by atoms with E-state index in [1.54, 1.807) is 0 Å². The van der Waals surface area contributed by atoms with Crippen molar-refractivity contribution in [3.63, 3.8) is 0 Å². The Kier molecular flexibility index (Phi) is 6.24. The van der Waals surface area contributed by atoms with E-state index in [0.717, 1.165) is 16.4 Å². The first-order valence-electron chi connectivity index (χ1n) is 7.50. The van der Waals surface area contributed by atoms with Gasteiger partial charge in [-0.1, -0.05) is 23.7 Å². The van der Waals surface area contributed by atoms with Gasteiger partial charge in [0.2, 0.25) is 0 Å². The van der Waals surface area contributed by atoms with Crippen LogP contribution in [0.15, 0.2) is 47.4 Å².